The first-order valence-electron chi connectivity index (χ1n) is 6.13. The van der Waals surface area contributed by atoms with Crippen molar-refractivity contribution in [3.8, 4) is 5.75 Å². The molecule has 1 amide bonds. The molecular weight excluding hydrogens is 312 g/mol. The summed E-state index contributed by atoms with van der Waals surface area (Å²) in [4.78, 5) is 11.2. The summed E-state index contributed by atoms with van der Waals surface area (Å²) in [7, 11) is -3.49. The molecule has 2 aromatic rings. The maximum Gasteiger partial charge on any atom is 0.262 e. The predicted octanol–water partition coefficient (Wildman–Crippen LogP) is 1.56. The predicted molar refractivity (Wildman–Crippen MR) is 78.9 cm³/mol. The van der Waals surface area contributed by atoms with Crippen molar-refractivity contribution in [1.29, 1.82) is 0 Å². The Morgan fingerprint density at radius 1 is 1.33 bits per heavy atom. The fourth-order valence-electron chi connectivity index (χ4n) is 1.89. The zero-order valence-electron chi connectivity index (χ0n) is 10.8. The molecule has 2 N–H and O–H groups in total. The standard InChI is InChI=1S/C13H12N2O4S2/c16-12-8-19-11-6-9(3-4-10(11)15-12)7-14-21(17,18)13-2-1-5-20-13/h1-6,14H,7-8H2,(H,15,16). The molecule has 0 saturated heterocycles. The quantitative estimate of drug-likeness (QED) is 0.894. The van der Waals surface area contributed by atoms with E-state index in [9.17, 15) is 13.2 Å². The molecule has 0 aliphatic carbocycles. The van der Waals surface area contributed by atoms with Gasteiger partial charge in [-0.1, -0.05) is 12.1 Å². The van der Waals surface area contributed by atoms with Crippen LogP contribution in [0.5, 0.6) is 5.75 Å². The third-order valence-corrected chi connectivity index (χ3v) is 5.70. The summed E-state index contributed by atoms with van der Waals surface area (Å²) in [6.07, 6.45) is 0. The highest BCUT2D eigenvalue weighted by molar-refractivity contribution is 7.91. The second-order valence-electron chi connectivity index (χ2n) is 4.42. The summed E-state index contributed by atoms with van der Waals surface area (Å²) >= 11 is 1.17. The van der Waals surface area contributed by atoms with Crippen LogP contribution in [0.15, 0.2) is 39.9 Å². The van der Waals surface area contributed by atoms with Crippen molar-refractivity contribution in [3.05, 3.63) is 41.3 Å². The van der Waals surface area contributed by atoms with Crippen LogP contribution in [0.25, 0.3) is 0 Å². The second-order valence-corrected chi connectivity index (χ2v) is 7.37. The molecule has 2 heterocycles. The maximum atomic E-state index is 12.0. The molecular formula is C13H12N2O4S2. The van der Waals surface area contributed by atoms with Crippen LogP contribution in [-0.2, 0) is 21.4 Å². The first-order valence-corrected chi connectivity index (χ1v) is 8.50. The Kier molecular flexibility index (Phi) is 3.66. The average Bonchev–Trinajstić information content (AvgIpc) is 3.00. The number of carbonyl (C=O) groups excluding carboxylic acids is 1. The van der Waals surface area contributed by atoms with Gasteiger partial charge in [-0.05, 0) is 29.1 Å². The van der Waals surface area contributed by atoms with Crippen LogP contribution >= 0.6 is 11.3 Å². The molecule has 0 fully saturated rings. The lowest BCUT2D eigenvalue weighted by molar-refractivity contribution is -0.118. The van der Waals surface area contributed by atoms with E-state index in [0.29, 0.717) is 11.4 Å². The van der Waals surface area contributed by atoms with Crippen LogP contribution in [0.1, 0.15) is 5.56 Å². The van der Waals surface area contributed by atoms with Gasteiger partial charge < -0.3 is 10.1 Å². The number of carbonyl (C=O) groups is 1. The van der Waals surface area contributed by atoms with Gasteiger partial charge in [0.1, 0.15) is 9.96 Å². The highest BCUT2D eigenvalue weighted by Gasteiger charge is 2.17. The highest BCUT2D eigenvalue weighted by Crippen LogP contribution is 2.28. The van der Waals surface area contributed by atoms with Crippen molar-refractivity contribution in [1.82, 2.24) is 4.72 Å². The van der Waals surface area contributed by atoms with Crippen LogP contribution in [0.3, 0.4) is 0 Å². The third-order valence-electron chi connectivity index (χ3n) is 2.91. The second kappa shape index (κ2) is 5.47. The molecule has 3 rings (SSSR count). The first-order chi connectivity index (χ1) is 10.0. The van der Waals surface area contributed by atoms with Crippen molar-refractivity contribution >= 4 is 33.0 Å². The van der Waals surface area contributed by atoms with E-state index < -0.39 is 10.0 Å². The summed E-state index contributed by atoms with van der Waals surface area (Å²) in [6.45, 7) is 0.127. The largest absolute Gasteiger partial charge is 0.482 e. The lowest BCUT2D eigenvalue weighted by Crippen LogP contribution is -2.26. The lowest BCUT2D eigenvalue weighted by Gasteiger charge is -2.18. The smallest absolute Gasteiger partial charge is 0.262 e. The number of thiophene rings is 1. The van der Waals surface area contributed by atoms with Gasteiger partial charge in [0.2, 0.25) is 10.0 Å². The molecule has 0 unspecified atom stereocenters. The minimum atomic E-state index is -3.49. The Hall–Kier alpha value is -1.90. The molecule has 6 nitrogen and oxygen atoms in total. The van der Waals surface area contributed by atoms with Gasteiger partial charge in [0.25, 0.3) is 5.91 Å². The molecule has 0 saturated carbocycles. The number of hydrogen-bond acceptors (Lipinski definition) is 5. The van der Waals surface area contributed by atoms with Gasteiger partial charge in [-0.3, -0.25) is 4.79 Å². The van der Waals surface area contributed by atoms with Crippen molar-refractivity contribution < 1.29 is 17.9 Å². The number of ether oxygens (including phenoxy) is 1. The van der Waals surface area contributed by atoms with Crippen LogP contribution in [-0.4, -0.2) is 20.9 Å². The van der Waals surface area contributed by atoms with E-state index in [0.717, 1.165) is 5.56 Å². The van der Waals surface area contributed by atoms with Crippen molar-refractivity contribution in [2.24, 2.45) is 0 Å². The minimum Gasteiger partial charge on any atom is -0.482 e. The number of amides is 1. The third kappa shape index (κ3) is 3.07. The summed E-state index contributed by atoms with van der Waals surface area (Å²) in [5.41, 5.74) is 1.35. The van der Waals surface area contributed by atoms with Gasteiger partial charge in [0.05, 0.1) is 5.69 Å². The Labute approximate surface area is 125 Å². The first kappa shape index (κ1) is 14.1. The van der Waals surface area contributed by atoms with Crippen molar-refractivity contribution in [2.45, 2.75) is 10.8 Å². The normalized spacial score (nSPS) is 14.2. The van der Waals surface area contributed by atoms with Gasteiger partial charge >= 0.3 is 0 Å². The molecule has 0 radical (unpaired) electrons. The van der Waals surface area contributed by atoms with Crippen molar-refractivity contribution in [3.63, 3.8) is 0 Å². The van der Waals surface area contributed by atoms with Crippen LogP contribution in [0.4, 0.5) is 5.69 Å². The van der Waals surface area contributed by atoms with E-state index in [1.807, 2.05) is 0 Å². The van der Waals surface area contributed by atoms with E-state index in [1.165, 1.54) is 11.3 Å². The Morgan fingerprint density at radius 2 is 2.19 bits per heavy atom. The molecule has 110 valence electrons. The molecule has 1 aliphatic rings. The summed E-state index contributed by atoms with van der Waals surface area (Å²) in [6, 6.07) is 8.39. The van der Waals surface area contributed by atoms with Crippen LogP contribution < -0.4 is 14.8 Å². The highest BCUT2D eigenvalue weighted by atomic mass is 32.2. The number of rotatable bonds is 4. The van der Waals surface area contributed by atoms with E-state index in [-0.39, 0.29) is 23.3 Å². The summed E-state index contributed by atoms with van der Waals surface area (Å²) in [5, 5.41) is 4.39. The SMILES string of the molecule is O=C1COc2cc(CNS(=O)(=O)c3cccs3)ccc2N1. The number of benzene rings is 1. The lowest BCUT2D eigenvalue weighted by atomic mass is 10.2. The molecule has 0 bridgehead atoms. The maximum absolute atomic E-state index is 12.0. The molecule has 8 heteroatoms. The zero-order chi connectivity index (χ0) is 14.9. The van der Waals surface area contributed by atoms with Crippen LogP contribution in [0, 0.1) is 0 Å². The Bertz CT molecular complexity index is 769. The molecule has 0 spiro atoms. The van der Waals surface area contributed by atoms with E-state index in [2.05, 4.69) is 10.0 Å². The topological polar surface area (TPSA) is 84.5 Å². The molecule has 0 atom stereocenters. The van der Waals surface area contributed by atoms with Crippen LogP contribution in [0.2, 0.25) is 0 Å². The van der Waals surface area contributed by atoms with E-state index in [1.54, 1.807) is 35.7 Å². The number of nitrogens with one attached hydrogen (secondary N) is 2. The zero-order valence-corrected chi connectivity index (χ0v) is 12.5. The molecule has 1 aromatic heterocycles. The average molecular weight is 324 g/mol. The fraction of sp³-hybridized carbons (Fsp3) is 0.154. The van der Waals surface area contributed by atoms with E-state index >= 15 is 0 Å². The van der Waals surface area contributed by atoms with Gasteiger partial charge in [-0.25, -0.2) is 13.1 Å². The van der Waals surface area contributed by atoms with Gasteiger partial charge in [0.15, 0.2) is 6.61 Å². The number of hydrogen-bond donors (Lipinski definition) is 2. The Balaban J connectivity index is 1.73. The van der Waals surface area contributed by atoms with E-state index in [4.69, 9.17) is 4.74 Å². The number of sulfonamides is 1. The summed E-state index contributed by atoms with van der Waals surface area (Å²) in [5.74, 6) is 0.344. The van der Waals surface area contributed by atoms with Gasteiger partial charge in [0, 0.05) is 6.54 Å². The minimum absolute atomic E-state index is 0.0304. The number of anilines is 1. The Morgan fingerprint density at radius 3 is 2.95 bits per heavy atom. The molecule has 1 aromatic carbocycles. The van der Waals surface area contributed by atoms with Gasteiger partial charge in [-0.2, -0.15) is 0 Å². The van der Waals surface area contributed by atoms with Gasteiger partial charge in [-0.15, -0.1) is 11.3 Å². The number of fused-ring (bicyclic) bond motifs is 1. The molecule has 1 aliphatic heterocycles. The summed E-state index contributed by atoms with van der Waals surface area (Å²) < 4.78 is 32.1. The van der Waals surface area contributed by atoms with Crippen molar-refractivity contribution in [2.75, 3.05) is 11.9 Å². The monoisotopic (exact) mass is 324 g/mol. The fourth-order valence-corrected chi connectivity index (χ4v) is 3.95. The molecule has 21 heavy (non-hydrogen) atoms.